The Morgan fingerprint density at radius 2 is 1.78 bits per heavy atom. The molecule has 0 bridgehead atoms. The molecule has 1 aromatic carbocycles. The van der Waals surface area contributed by atoms with Crippen molar-refractivity contribution in [1.29, 1.82) is 0 Å². The molecule has 0 spiro atoms. The van der Waals surface area contributed by atoms with E-state index in [1.165, 1.54) is 0 Å². The summed E-state index contributed by atoms with van der Waals surface area (Å²) >= 11 is 3.43. The van der Waals surface area contributed by atoms with Crippen molar-refractivity contribution in [2.24, 2.45) is 7.05 Å². The second-order valence-electron chi connectivity index (χ2n) is 7.54. The van der Waals surface area contributed by atoms with Crippen molar-refractivity contribution >= 4 is 27.7 Å². The third kappa shape index (κ3) is 4.26. The van der Waals surface area contributed by atoms with Gasteiger partial charge in [0.2, 0.25) is 5.91 Å². The average Bonchev–Trinajstić information content (AvgIpc) is 3.56. The Labute approximate surface area is 168 Å². The zero-order valence-electron chi connectivity index (χ0n) is 15.5. The molecule has 142 valence electrons. The van der Waals surface area contributed by atoms with Crippen molar-refractivity contribution in [2.45, 2.75) is 44.3 Å². The number of aromatic nitrogens is 1. The van der Waals surface area contributed by atoms with Crippen molar-refractivity contribution in [1.82, 2.24) is 14.4 Å². The summed E-state index contributed by atoms with van der Waals surface area (Å²) < 4.78 is 2.92. The van der Waals surface area contributed by atoms with E-state index >= 15 is 0 Å². The molecular weight excluding hydrogens is 406 g/mol. The maximum Gasteiger partial charge on any atom is 0.254 e. The van der Waals surface area contributed by atoms with Gasteiger partial charge in [-0.2, -0.15) is 0 Å². The predicted octanol–water partition coefficient (Wildman–Crippen LogP) is 3.58. The highest BCUT2D eigenvalue weighted by molar-refractivity contribution is 9.10. The summed E-state index contributed by atoms with van der Waals surface area (Å²) in [6.07, 6.45) is 6.07. The fourth-order valence-electron chi connectivity index (χ4n) is 3.42. The number of halogens is 1. The zero-order chi connectivity index (χ0) is 19.0. The summed E-state index contributed by atoms with van der Waals surface area (Å²) in [5.74, 6) is -0.00397. The highest BCUT2D eigenvalue weighted by atomic mass is 79.9. The molecule has 0 aliphatic heterocycles. The molecule has 2 amide bonds. The minimum Gasteiger partial charge on any atom is -0.353 e. The molecule has 27 heavy (non-hydrogen) atoms. The highest BCUT2D eigenvalue weighted by Gasteiger charge is 2.38. The van der Waals surface area contributed by atoms with E-state index in [9.17, 15) is 9.59 Å². The number of amides is 2. The maximum absolute atomic E-state index is 13.1. The Balaban J connectivity index is 1.49. The number of rotatable bonds is 7. The molecule has 0 N–H and O–H groups in total. The summed E-state index contributed by atoms with van der Waals surface area (Å²) in [5.41, 5.74) is 1.75. The molecule has 4 rings (SSSR count). The summed E-state index contributed by atoms with van der Waals surface area (Å²) in [5, 5.41) is 0. The second kappa shape index (κ2) is 7.50. The van der Waals surface area contributed by atoms with Gasteiger partial charge in [-0.1, -0.05) is 22.0 Å². The third-order valence-corrected chi connectivity index (χ3v) is 5.81. The van der Waals surface area contributed by atoms with Crippen LogP contribution in [0.3, 0.4) is 0 Å². The molecule has 0 radical (unpaired) electrons. The van der Waals surface area contributed by atoms with Crippen molar-refractivity contribution in [3.63, 3.8) is 0 Å². The maximum atomic E-state index is 13.1. The predicted molar refractivity (Wildman–Crippen MR) is 107 cm³/mol. The molecule has 1 heterocycles. The highest BCUT2D eigenvalue weighted by Crippen LogP contribution is 2.31. The van der Waals surface area contributed by atoms with Crippen LogP contribution in [0.25, 0.3) is 0 Å². The van der Waals surface area contributed by atoms with Gasteiger partial charge in [0.1, 0.15) is 6.54 Å². The Kier molecular flexibility index (Phi) is 5.08. The SMILES string of the molecule is Cn1cccc1CN(C(=O)CN(C(=O)c1cccc(Br)c1)C1CC1)C1CC1. The lowest BCUT2D eigenvalue weighted by molar-refractivity contribution is -0.133. The molecule has 5 nitrogen and oxygen atoms in total. The average molecular weight is 430 g/mol. The first-order valence-electron chi connectivity index (χ1n) is 9.49. The van der Waals surface area contributed by atoms with Crippen LogP contribution in [0.1, 0.15) is 41.7 Å². The molecule has 6 heteroatoms. The summed E-state index contributed by atoms with van der Waals surface area (Å²) in [6.45, 7) is 0.771. The van der Waals surface area contributed by atoms with E-state index in [-0.39, 0.29) is 24.4 Å². The standard InChI is InChI=1S/C21H24BrN3O2/c1-23-11-3-6-19(23)13-24(17-7-8-17)20(26)14-25(18-9-10-18)21(27)15-4-2-5-16(22)12-15/h2-6,11-12,17-18H,7-10,13-14H2,1H3. The van der Waals surface area contributed by atoms with Crippen LogP contribution in [0.4, 0.5) is 0 Å². The molecule has 2 fully saturated rings. The van der Waals surface area contributed by atoms with Gasteiger partial charge in [-0.15, -0.1) is 0 Å². The fraction of sp³-hybridized carbons (Fsp3) is 0.429. The smallest absolute Gasteiger partial charge is 0.254 e. The summed E-state index contributed by atoms with van der Waals surface area (Å²) in [4.78, 5) is 29.9. The Morgan fingerprint density at radius 1 is 1.07 bits per heavy atom. The second-order valence-corrected chi connectivity index (χ2v) is 8.45. The van der Waals surface area contributed by atoms with Gasteiger partial charge in [-0.05, 0) is 56.0 Å². The van der Waals surface area contributed by atoms with E-state index in [2.05, 4.69) is 15.9 Å². The summed E-state index contributed by atoms with van der Waals surface area (Å²) in [6, 6.07) is 12.0. The van der Waals surface area contributed by atoms with Crippen LogP contribution in [-0.4, -0.2) is 44.8 Å². The lowest BCUT2D eigenvalue weighted by Gasteiger charge is -2.28. The molecule has 0 unspecified atom stereocenters. The minimum atomic E-state index is -0.0539. The summed E-state index contributed by atoms with van der Waals surface area (Å²) in [7, 11) is 2.00. The van der Waals surface area contributed by atoms with Crippen LogP contribution in [-0.2, 0) is 18.4 Å². The van der Waals surface area contributed by atoms with Crippen molar-refractivity contribution in [2.75, 3.05) is 6.54 Å². The van der Waals surface area contributed by atoms with E-state index in [1.54, 1.807) is 4.90 Å². The van der Waals surface area contributed by atoms with Crippen LogP contribution < -0.4 is 0 Å². The molecule has 2 saturated carbocycles. The number of nitrogens with zero attached hydrogens (tertiary/aromatic N) is 3. The van der Waals surface area contributed by atoms with Crippen LogP contribution in [0.15, 0.2) is 47.1 Å². The number of benzene rings is 1. The molecule has 2 aliphatic rings. The monoisotopic (exact) mass is 429 g/mol. The number of hydrogen-bond acceptors (Lipinski definition) is 2. The first-order valence-corrected chi connectivity index (χ1v) is 10.3. The zero-order valence-corrected chi connectivity index (χ0v) is 17.1. The topological polar surface area (TPSA) is 45.6 Å². The van der Waals surface area contributed by atoms with Gasteiger partial charge in [-0.3, -0.25) is 9.59 Å². The van der Waals surface area contributed by atoms with Gasteiger partial charge >= 0.3 is 0 Å². The Bertz CT molecular complexity index is 855. The van der Waals surface area contributed by atoms with Crippen molar-refractivity contribution in [3.8, 4) is 0 Å². The van der Waals surface area contributed by atoms with Crippen LogP contribution in [0.2, 0.25) is 0 Å². The molecular formula is C21H24BrN3O2. The quantitative estimate of drug-likeness (QED) is 0.674. The number of hydrogen-bond donors (Lipinski definition) is 0. The Morgan fingerprint density at radius 3 is 2.37 bits per heavy atom. The lowest BCUT2D eigenvalue weighted by atomic mass is 10.2. The largest absolute Gasteiger partial charge is 0.353 e. The fourth-order valence-corrected chi connectivity index (χ4v) is 3.82. The van der Waals surface area contributed by atoms with Gasteiger partial charge < -0.3 is 14.4 Å². The number of aryl methyl sites for hydroxylation is 1. The van der Waals surface area contributed by atoms with E-state index in [0.29, 0.717) is 18.2 Å². The normalized spacial score (nSPS) is 16.2. The van der Waals surface area contributed by atoms with E-state index in [0.717, 1.165) is 35.8 Å². The van der Waals surface area contributed by atoms with Gasteiger partial charge in [0.05, 0.1) is 6.54 Å². The van der Waals surface area contributed by atoms with E-state index in [1.807, 2.05) is 59.1 Å². The van der Waals surface area contributed by atoms with Gasteiger partial charge in [-0.25, -0.2) is 0 Å². The Hall–Kier alpha value is -2.08. The van der Waals surface area contributed by atoms with Gasteiger partial charge in [0, 0.05) is 41.1 Å². The van der Waals surface area contributed by atoms with Gasteiger partial charge in [0.15, 0.2) is 0 Å². The van der Waals surface area contributed by atoms with Crippen LogP contribution in [0.5, 0.6) is 0 Å². The lowest BCUT2D eigenvalue weighted by Crippen LogP contribution is -2.44. The van der Waals surface area contributed by atoms with Crippen LogP contribution >= 0.6 is 15.9 Å². The third-order valence-electron chi connectivity index (χ3n) is 5.32. The number of carbonyl (C=O) groups is 2. The first kappa shape index (κ1) is 18.3. The molecule has 0 atom stereocenters. The molecule has 2 aliphatic carbocycles. The van der Waals surface area contributed by atoms with Crippen molar-refractivity contribution in [3.05, 3.63) is 58.3 Å². The van der Waals surface area contributed by atoms with Gasteiger partial charge in [0.25, 0.3) is 5.91 Å². The minimum absolute atomic E-state index is 0.0500. The molecule has 0 saturated heterocycles. The first-order chi connectivity index (χ1) is 13.0. The van der Waals surface area contributed by atoms with Crippen molar-refractivity contribution < 1.29 is 9.59 Å². The number of carbonyl (C=O) groups excluding carboxylic acids is 2. The van der Waals surface area contributed by atoms with Crippen LogP contribution in [0, 0.1) is 0 Å². The van der Waals surface area contributed by atoms with E-state index in [4.69, 9.17) is 0 Å². The molecule has 2 aromatic rings. The van der Waals surface area contributed by atoms with E-state index < -0.39 is 0 Å². The molecule has 1 aromatic heterocycles.